The summed E-state index contributed by atoms with van der Waals surface area (Å²) in [7, 11) is 0. The molecule has 1 N–H and O–H groups in total. The largest absolute Gasteiger partial charge is 0.295 e. The number of nitrogens with zero attached hydrogens (tertiary/aromatic N) is 1. The van der Waals surface area contributed by atoms with Crippen LogP contribution >= 0.6 is 0 Å². The summed E-state index contributed by atoms with van der Waals surface area (Å²) in [6, 6.07) is 12.5. The van der Waals surface area contributed by atoms with Crippen LogP contribution in [0.1, 0.15) is 38.8 Å². The van der Waals surface area contributed by atoms with E-state index in [1.54, 1.807) is 0 Å². The Labute approximate surface area is 110 Å². The fraction of sp³-hybridized carbons (Fsp3) is 0.438. The Balaban J connectivity index is 2.76. The highest BCUT2D eigenvalue weighted by atomic mass is 15.0. The Morgan fingerprint density at radius 3 is 2.50 bits per heavy atom. The van der Waals surface area contributed by atoms with Crippen molar-refractivity contribution in [2.45, 2.75) is 39.3 Å². The lowest BCUT2D eigenvalue weighted by Gasteiger charge is -2.31. The molecule has 1 aromatic carbocycles. The number of hydrogen-bond acceptors (Lipinski definition) is 2. The number of allylic oxidation sites excluding steroid dienone is 1. The average Bonchev–Trinajstić information content (AvgIpc) is 2.36. The minimum Gasteiger partial charge on any atom is -0.295 e. The van der Waals surface area contributed by atoms with Crippen LogP contribution in [0.5, 0.6) is 0 Å². The van der Waals surface area contributed by atoms with Gasteiger partial charge in [-0.25, -0.2) is 0 Å². The molecule has 0 saturated heterocycles. The van der Waals surface area contributed by atoms with Gasteiger partial charge in [0, 0.05) is 6.04 Å². The van der Waals surface area contributed by atoms with Crippen molar-refractivity contribution in [3.8, 4) is 6.07 Å². The third kappa shape index (κ3) is 3.72. The maximum Gasteiger partial charge on any atom is 0.101 e. The maximum absolute atomic E-state index is 9.34. The number of benzene rings is 1. The standard InChI is InChI=1S/C16H22N2/c1-5-11-16(3,4)15(12-17)18-13(2)14-9-7-6-8-10-14/h5-10,13,15,18H,1,11H2,2-4H3/t13-,15-/m0/s1. The Hall–Kier alpha value is -1.59. The second-order valence-electron chi connectivity index (χ2n) is 5.34. The minimum atomic E-state index is -0.189. The van der Waals surface area contributed by atoms with E-state index in [0.29, 0.717) is 0 Å². The van der Waals surface area contributed by atoms with Gasteiger partial charge in [0.2, 0.25) is 0 Å². The number of nitriles is 1. The summed E-state index contributed by atoms with van der Waals surface area (Å²) in [5.41, 5.74) is 1.09. The van der Waals surface area contributed by atoms with E-state index < -0.39 is 0 Å². The summed E-state index contributed by atoms with van der Waals surface area (Å²) < 4.78 is 0. The van der Waals surface area contributed by atoms with Crippen LogP contribution in [0.3, 0.4) is 0 Å². The van der Waals surface area contributed by atoms with Gasteiger partial charge in [0.05, 0.1) is 6.07 Å². The molecule has 1 aromatic rings. The zero-order valence-corrected chi connectivity index (χ0v) is 11.5. The summed E-state index contributed by atoms with van der Waals surface area (Å²) in [6.45, 7) is 10.0. The molecule has 96 valence electrons. The van der Waals surface area contributed by atoms with Crippen molar-refractivity contribution < 1.29 is 0 Å². The van der Waals surface area contributed by atoms with Gasteiger partial charge in [-0.3, -0.25) is 5.32 Å². The highest BCUT2D eigenvalue weighted by molar-refractivity contribution is 5.19. The first-order valence-electron chi connectivity index (χ1n) is 6.33. The molecular formula is C16H22N2. The van der Waals surface area contributed by atoms with Gasteiger partial charge in [-0.2, -0.15) is 5.26 Å². The number of hydrogen-bond donors (Lipinski definition) is 1. The van der Waals surface area contributed by atoms with Crippen molar-refractivity contribution in [3.05, 3.63) is 48.6 Å². The number of nitrogens with one attached hydrogen (secondary N) is 1. The first kappa shape index (κ1) is 14.5. The van der Waals surface area contributed by atoms with Gasteiger partial charge in [-0.1, -0.05) is 50.3 Å². The van der Waals surface area contributed by atoms with Crippen molar-refractivity contribution in [1.82, 2.24) is 5.32 Å². The summed E-state index contributed by atoms with van der Waals surface area (Å²) in [6.07, 6.45) is 2.69. The molecule has 2 nitrogen and oxygen atoms in total. The fourth-order valence-electron chi connectivity index (χ4n) is 2.02. The van der Waals surface area contributed by atoms with E-state index in [9.17, 15) is 5.26 Å². The van der Waals surface area contributed by atoms with Crippen LogP contribution in [0.25, 0.3) is 0 Å². The molecule has 18 heavy (non-hydrogen) atoms. The van der Waals surface area contributed by atoms with Gasteiger partial charge >= 0.3 is 0 Å². The monoisotopic (exact) mass is 242 g/mol. The quantitative estimate of drug-likeness (QED) is 0.769. The van der Waals surface area contributed by atoms with Crippen molar-refractivity contribution in [1.29, 1.82) is 5.26 Å². The SMILES string of the molecule is C=CCC(C)(C)[C@H](C#N)N[C@@H](C)c1ccccc1. The Kier molecular flexibility index (Phi) is 5.12. The molecule has 0 aliphatic rings. The third-order valence-corrected chi connectivity index (χ3v) is 3.30. The van der Waals surface area contributed by atoms with Crippen molar-refractivity contribution in [2.24, 2.45) is 5.41 Å². The second kappa shape index (κ2) is 6.37. The van der Waals surface area contributed by atoms with Gasteiger partial charge in [0.1, 0.15) is 6.04 Å². The minimum absolute atomic E-state index is 0.112. The van der Waals surface area contributed by atoms with Gasteiger partial charge in [-0.05, 0) is 24.3 Å². The molecule has 0 fully saturated rings. The molecule has 0 aliphatic heterocycles. The molecule has 0 spiro atoms. The Morgan fingerprint density at radius 2 is 2.00 bits per heavy atom. The molecule has 1 rings (SSSR count). The van der Waals surface area contributed by atoms with E-state index >= 15 is 0 Å². The second-order valence-corrected chi connectivity index (χ2v) is 5.34. The predicted octanol–water partition coefficient (Wildman–Crippen LogP) is 3.83. The fourth-order valence-corrected chi connectivity index (χ4v) is 2.02. The zero-order chi connectivity index (χ0) is 13.6. The van der Waals surface area contributed by atoms with Crippen molar-refractivity contribution in [2.75, 3.05) is 0 Å². The molecule has 2 atom stereocenters. The molecule has 0 aliphatic carbocycles. The van der Waals surface area contributed by atoms with Crippen molar-refractivity contribution in [3.63, 3.8) is 0 Å². The highest BCUT2D eigenvalue weighted by Gasteiger charge is 2.29. The van der Waals surface area contributed by atoms with Gasteiger partial charge in [0.25, 0.3) is 0 Å². The predicted molar refractivity (Wildman–Crippen MR) is 76.0 cm³/mol. The van der Waals surface area contributed by atoms with E-state index in [0.717, 1.165) is 6.42 Å². The van der Waals surface area contributed by atoms with E-state index in [2.05, 4.69) is 50.9 Å². The molecule has 0 amide bonds. The first-order chi connectivity index (χ1) is 8.51. The zero-order valence-electron chi connectivity index (χ0n) is 11.5. The van der Waals surface area contributed by atoms with Gasteiger partial charge in [0.15, 0.2) is 0 Å². The van der Waals surface area contributed by atoms with E-state index in [1.807, 2.05) is 24.3 Å². The van der Waals surface area contributed by atoms with Crippen molar-refractivity contribution >= 4 is 0 Å². The lowest BCUT2D eigenvalue weighted by atomic mass is 9.81. The topological polar surface area (TPSA) is 35.8 Å². The molecule has 0 saturated carbocycles. The molecule has 0 heterocycles. The lowest BCUT2D eigenvalue weighted by molar-refractivity contribution is 0.274. The van der Waals surface area contributed by atoms with E-state index in [-0.39, 0.29) is 17.5 Å². The van der Waals surface area contributed by atoms with E-state index in [1.165, 1.54) is 5.56 Å². The molecule has 2 heteroatoms. The van der Waals surface area contributed by atoms with Crippen LogP contribution in [0.4, 0.5) is 0 Å². The maximum atomic E-state index is 9.34. The van der Waals surface area contributed by atoms with Crippen LogP contribution in [0.2, 0.25) is 0 Å². The normalized spacial score (nSPS) is 14.6. The van der Waals surface area contributed by atoms with Gasteiger partial charge < -0.3 is 0 Å². The first-order valence-corrected chi connectivity index (χ1v) is 6.33. The summed E-state index contributed by atoms with van der Waals surface area (Å²) in [4.78, 5) is 0. The Bertz CT molecular complexity index is 414. The van der Waals surface area contributed by atoms with Crippen LogP contribution in [0, 0.1) is 16.7 Å². The summed E-state index contributed by atoms with van der Waals surface area (Å²) >= 11 is 0. The third-order valence-electron chi connectivity index (χ3n) is 3.30. The van der Waals surface area contributed by atoms with Crippen LogP contribution in [-0.2, 0) is 0 Å². The Morgan fingerprint density at radius 1 is 1.39 bits per heavy atom. The van der Waals surface area contributed by atoms with Gasteiger partial charge in [-0.15, -0.1) is 6.58 Å². The smallest absolute Gasteiger partial charge is 0.101 e. The summed E-state index contributed by atoms with van der Waals surface area (Å²) in [5, 5.41) is 12.7. The number of rotatable bonds is 6. The average molecular weight is 242 g/mol. The summed E-state index contributed by atoms with van der Waals surface area (Å²) in [5.74, 6) is 0. The molecule has 0 unspecified atom stereocenters. The highest BCUT2D eigenvalue weighted by Crippen LogP contribution is 2.27. The molecule has 0 bridgehead atoms. The van der Waals surface area contributed by atoms with Crippen LogP contribution in [-0.4, -0.2) is 6.04 Å². The van der Waals surface area contributed by atoms with Crippen LogP contribution in [0.15, 0.2) is 43.0 Å². The molecular weight excluding hydrogens is 220 g/mol. The molecule has 0 aromatic heterocycles. The lowest BCUT2D eigenvalue weighted by Crippen LogP contribution is -2.41. The van der Waals surface area contributed by atoms with Crippen LogP contribution < -0.4 is 5.32 Å². The van der Waals surface area contributed by atoms with E-state index in [4.69, 9.17) is 0 Å². The molecule has 0 radical (unpaired) electrons.